The second kappa shape index (κ2) is 7.47. The monoisotopic (exact) mass is 413 g/mol. The number of para-hydroxylation sites is 1. The van der Waals surface area contributed by atoms with Crippen molar-refractivity contribution in [2.45, 2.75) is 32.4 Å². The highest BCUT2D eigenvalue weighted by Gasteiger charge is 2.37. The molecule has 2 N–H and O–H groups in total. The van der Waals surface area contributed by atoms with E-state index in [4.69, 9.17) is 4.74 Å². The minimum absolute atomic E-state index is 0.292. The zero-order chi connectivity index (χ0) is 20.6. The molecule has 0 bridgehead atoms. The van der Waals surface area contributed by atoms with Crippen LogP contribution in [0.15, 0.2) is 42.7 Å². The van der Waals surface area contributed by atoms with Crippen LogP contribution < -0.4 is 10.9 Å². The van der Waals surface area contributed by atoms with Gasteiger partial charge in [0, 0.05) is 11.9 Å². The molecule has 1 aromatic carbocycles. The third kappa shape index (κ3) is 3.95. The molecule has 4 rings (SSSR count). The van der Waals surface area contributed by atoms with E-state index < -0.39 is 17.7 Å². The maximum Gasteiger partial charge on any atom is 0.411 e. The number of aromatic nitrogens is 2. The number of benzene rings is 1. The molecule has 0 radical (unpaired) electrons. The van der Waals surface area contributed by atoms with E-state index >= 15 is 0 Å². The topological polar surface area (TPSA) is 88.0 Å². The molecule has 1 saturated heterocycles. The maximum absolute atomic E-state index is 12.7. The van der Waals surface area contributed by atoms with E-state index in [1.165, 1.54) is 16.7 Å². The summed E-state index contributed by atoms with van der Waals surface area (Å²) in [6.45, 7) is 5.42. The zero-order valence-electron chi connectivity index (χ0n) is 16.5. The summed E-state index contributed by atoms with van der Waals surface area (Å²) >= 11 is 1.52. The molecule has 1 atom stereocenters. The second-order valence-electron chi connectivity index (χ2n) is 7.81. The lowest BCUT2D eigenvalue weighted by Crippen LogP contribution is -2.49. The Labute approximate surface area is 172 Å². The number of fused-ring (bicyclic) bond motifs is 3. The van der Waals surface area contributed by atoms with Gasteiger partial charge in [-0.15, -0.1) is 11.8 Å². The van der Waals surface area contributed by atoms with E-state index in [0.717, 1.165) is 16.6 Å². The fourth-order valence-electron chi connectivity index (χ4n) is 3.18. The molecule has 3 aromatic rings. The first-order valence-electron chi connectivity index (χ1n) is 9.31. The van der Waals surface area contributed by atoms with Gasteiger partial charge in [0.25, 0.3) is 5.91 Å². The summed E-state index contributed by atoms with van der Waals surface area (Å²) in [5.41, 5.74) is 8.42. The molecule has 8 nitrogen and oxygen atoms in total. The van der Waals surface area contributed by atoms with Gasteiger partial charge in [-0.05, 0) is 45.0 Å². The fourth-order valence-corrected chi connectivity index (χ4v) is 4.33. The van der Waals surface area contributed by atoms with Gasteiger partial charge in [0.1, 0.15) is 17.2 Å². The molecular weight excluding hydrogens is 390 g/mol. The first kappa shape index (κ1) is 19.4. The van der Waals surface area contributed by atoms with Gasteiger partial charge in [-0.1, -0.05) is 6.07 Å². The van der Waals surface area contributed by atoms with Crippen LogP contribution in [0.4, 0.5) is 10.5 Å². The number of thioether (sulfide) groups is 1. The van der Waals surface area contributed by atoms with Crippen LogP contribution in [0.2, 0.25) is 0 Å². The van der Waals surface area contributed by atoms with Gasteiger partial charge in [0.05, 0.1) is 28.8 Å². The van der Waals surface area contributed by atoms with Crippen molar-refractivity contribution in [1.29, 1.82) is 0 Å². The molecule has 1 aliphatic heterocycles. The summed E-state index contributed by atoms with van der Waals surface area (Å²) < 4.78 is 7.45. The number of amides is 2. The Morgan fingerprint density at radius 1 is 1.24 bits per heavy atom. The molecule has 9 heteroatoms. The maximum atomic E-state index is 12.7. The average molecular weight is 414 g/mol. The number of hydrogen-bond acceptors (Lipinski definition) is 6. The summed E-state index contributed by atoms with van der Waals surface area (Å²) in [5, 5.41) is 0. The molecule has 0 saturated carbocycles. The largest absolute Gasteiger partial charge is 0.444 e. The highest BCUT2D eigenvalue weighted by atomic mass is 32.2. The molecular formula is C20H23N5O3S. The van der Waals surface area contributed by atoms with E-state index in [1.54, 1.807) is 27.0 Å². The molecule has 2 amide bonds. The SMILES string of the molecule is CC(C)(C)OC(=O)N1CSCC1C(=O)NNc1cccc2c1ncc1cccn12. The summed E-state index contributed by atoms with van der Waals surface area (Å²) in [7, 11) is 0. The lowest BCUT2D eigenvalue weighted by Gasteiger charge is -2.27. The van der Waals surface area contributed by atoms with Crippen LogP contribution in [0.25, 0.3) is 16.6 Å². The zero-order valence-corrected chi connectivity index (χ0v) is 17.3. The fraction of sp³-hybridized carbons (Fsp3) is 0.350. The number of carbonyl (C=O) groups excluding carboxylic acids is 2. The third-order valence-corrected chi connectivity index (χ3v) is 5.53. The van der Waals surface area contributed by atoms with Crippen molar-refractivity contribution >= 4 is 46.0 Å². The first-order chi connectivity index (χ1) is 13.8. The lowest BCUT2D eigenvalue weighted by molar-refractivity contribution is -0.124. The lowest BCUT2D eigenvalue weighted by atomic mass is 10.2. The molecule has 152 valence electrons. The molecule has 2 aromatic heterocycles. The van der Waals surface area contributed by atoms with E-state index in [-0.39, 0.29) is 5.91 Å². The number of hydrazine groups is 1. The van der Waals surface area contributed by atoms with Crippen LogP contribution in [0.1, 0.15) is 20.8 Å². The van der Waals surface area contributed by atoms with E-state index in [2.05, 4.69) is 15.8 Å². The number of nitrogens with zero attached hydrogens (tertiary/aromatic N) is 3. The molecule has 29 heavy (non-hydrogen) atoms. The third-order valence-electron chi connectivity index (χ3n) is 4.51. The average Bonchev–Trinajstić information content (AvgIpc) is 3.33. The van der Waals surface area contributed by atoms with Crippen molar-refractivity contribution in [2.24, 2.45) is 0 Å². The Balaban J connectivity index is 1.49. The van der Waals surface area contributed by atoms with Crippen LogP contribution in [0.3, 0.4) is 0 Å². The van der Waals surface area contributed by atoms with Gasteiger partial charge in [-0.25, -0.2) is 4.79 Å². The number of ether oxygens (including phenoxy) is 1. The Bertz CT molecular complexity index is 1070. The van der Waals surface area contributed by atoms with E-state index in [0.29, 0.717) is 17.3 Å². The Kier molecular flexibility index (Phi) is 4.99. The van der Waals surface area contributed by atoms with Crippen molar-refractivity contribution < 1.29 is 14.3 Å². The van der Waals surface area contributed by atoms with Crippen molar-refractivity contribution in [1.82, 2.24) is 19.7 Å². The van der Waals surface area contributed by atoms with Crippen LogP contribution in [-0.4, -0.2) is 49.6 Å². The van der Waals surface area contributed by atoms with Gasteiger partial charge in [0.15, 0.2) is 0 Å². The predicted molar refractivity (Wildman–Crippen MR) is 114 cm³/mol. The summed E-state index contributed by atoms with van der Waals surface area (Å²) in [5.74, 6) is 0.652. The minimum Gasteiger partial charge on any atom is -0.444 e. The molecule has 1 fully saturated rings. The number of rotatable bonds is 3. The minimum atomic E-state index is -0.609. The molecule has 3 heterocycles. The summed E-state index contributed by atoms with van der Waals surface area (Å²) in [6.07, 6.45) is 3.27. The van der Waals surface area contributed by atoms with Crippen LogP contribution in [0, 0.1) is 0 Å². The van der Waals surface area contributed by atoms with Crippen molar-refractivity contribution in [3.8, 4) is 0 Å². The van der Waals surface area contributed by atoms with Crippen molar-refractivity contribution in [2.75, 3.05) is 17.1 Å². The predicted octanol–water partition coefficient (Wildman–Crippen LogP) is 3.24. The number of nitrogens with one attached hydrogen (secondary N) is 2. The standard InChI is InChI=1S/C20H23N5O3S/c1-20(2,3)28-19(27)25-12-29-11-16(25)18(26)23-22-14-7-4-8-15-17(14)21-10-13-6-5-9-24(13)15/h4-10,16,22H,11-12H2,1-3H3,(H,23,26). The first-order valence-corrected chi connectivity index (χ1v) is 10.5. The molecule has 0 spiro atoms. The van der Waals surface area contributed by atoms with Crippen molar-refractivity contribution in [3.63, 3.8) is 0 Å². The highest BCUT2D eigenvalue weighted by molar-refractivity contribution is 7.99. The van der Waals surface area contributed by atoms with Gasteiger partial charge in [-0.3, -0.25) is 25.5 Å². The smallest absolute Gasteiger partial charge is 0.411 e. The normalized spacial score (nSPS) is 16.9. The number of carbonyl (C=O) groups is 2. The van der Waals surface area contributed by atoms with Crippen LogP contribution in [0.5, 0.6) is 0 Å². The molecule has 1 unspecified atom stereocenters. The van der Waals surface area contributed by atoms with E-state index in [9.17, 15) is 9.59 Å². The van der Waals surface area contributed by atoms with Gasteiger partial charge in [-0.2, -0.15) is 0 Å². The Hall–Kier alpha value is -2.94. The Morgan fingerprint density at radius 3 is 2.86 bits per heavy atom. The van der Waals surface area contributed by atoms with Crippen LogP contribution >= 0.6 is 11.8 Å². The van der Waals surface area contributed by atoms with Gasteiger partial charge in [0.2, 0.25) is 0 Å². The Morgan fingerprint density at radius 2 is 2.07 bits per heavy atom. The molecule has 0 aliphatic carbocycles. The highest BCUT2D eigenvalue weighted by Crippen LogP contribution is 2.25. The van der Waals surface area contributed by atoms with Crippen LogP contribution in [-0.2, 0) is 9.53 Å². The number of hydrogen-bond donors (Lipinski definition) is 2. The second-order valence-corrected chi connectivity index (χ2v) is 8.81. The van der Waals surface area contributed by atoms with Gasteiger partial charge < -0.3 is 9.14 Å². The summed E-state index contributed by atoms with van der Waals surface area (Å²) in [4.78, 5) is 31.1. The van der Waals surface area contributed by atoms with Crippen molar-refractivity contribution in [3.05, 3.63) is 42.7 Å². The van der Waals surface area contributed by atoms with E-state index in [1.807, 2.05) is 40.9 Å². The summed E-state index contributed by atoms with van der Waals surface area (Å²) in [6, 6.07) is 9.07. The quantitative estimate of drug-likeness (QED) is 0.641. The van der Waals surface area contributed by atoms with Gasteiger partial charge >= 0.3 is 6.09 Å². The molecule has 1 aliphatic rings. The number of anilines is 1.